The quantitative estimate of drug-likeness (QED) is 0.748. The summed E-state index contributed by atoms with van der Waals surface area (Å²) in [7, 11) is -3.22. The van der Waals surface area contributed by atoms with E-state index in [9.17, 15) is 8.42 Å². The second-order valence-electron chi connectivity index (χ2n) is 4.82. The summed E-state index contributed by atoms with van der Waals surface area (Å²) in [5.74, 6) is 0. The monoisotopic (exact) mass is 247 g/mol. The van der Waals surface area contributed by atoms with E-state index in [4.69, 9.17) is 0 Å². The van der Waals surface area contributed by atoms with E-state index in [2.05, 4.69) is 5.32 Å². The van der Waals surface area contributed by atoms with Crippen molar-refractivity contribution in [3.63, 3.8) is 0 Å². The van der Waals surface area contributed by atoms with Gasteiger partial charge in [0.15, 0.2) is 0 Å². The lowest BCUT2D eigenvalue weighted by Crippen LogP contribution is -2.55. The molecule has 1 atom stereocenters. The molecule has 6 heteroatoms. The summed E-state index contributed by atoms with van der Waals surface area (Å²) in [6, 6.07) is 0.216. The molecular weight excluding hydrogens is 226 g/mol. The van der Waals surface area contributed by atoms with Crippen molar-refractivity contribution >= 4 is 10.2 Å². The van der Waals surface area contributed by atoms with E-state index in [1.54, 1.807) is 8.61 Å². The van der Waals surface area contributed by atoms with Crippen LogP contribution in [0, 0.1) is 0 Å². The average molecular weight is 247 g/mol. The van der Waals surface area contributed by atoms with E-state index in [-0.39, 0.29) is 12.1 Å². The minimum Gasteiger partial charge on any atom is -0.315 e. The van der Waals surface area contributed by atoms with Crippen molar-refractivity contribution in [2.75, 3.05) is 26.2 Å². The fourth-order valence-electron chi connectivity index (χ4n) is 2.53. The third-order valence-electron chi connectivity index (χ3n) is 3.37. The van der Waals surface area contributed by atoms with Gasteiger partial charge in [0.05, 0.1) is 0 Å². The number of hydrogen-bond acceptors (Lipinski definition) is 3. The molecule has 0 bridgehead atoms. The molecule has 94 valence electrons. The Labute approximate surface area is 98.0 Å². The Kier molecular flexibility index (Phi) is 3.53. The molecule has 2 aliphatic heterocycles. The van der Waals surface area contributed by atoms with Crippen molar-refractivity contribution in [3.8, 4) is 0 Å². The molecule has 0 aromatic carbocycles. The van der Waals surface area contributed by atoms with Gasteiger partial charge in [-0.3, -0.25) is 0 Å². The maximum Gasteiger partial charge on any atom is 0.282 e. The lowest BCUT2D eigenvalue weighted by Gasteiger charge is -2.39. The molecular formula is C10H21N3O2S. The van der Waals surface area contributed by atoms with Gasteiger partial charge in [0.1, 0.15) is 0 Å². The van der Waals surface area contributed by atoms with Crippen LogP contribution in [0.3, 0.4) is 0 Å². The second kappa shape index (κ2) is 4.60. The molecule has 1 N–H and O–H groups in total. The first kappa shape index (κ1) is 12.3. The third-order valence-corrected chi connectivity index (χ3v) is 5.64. The van der Waals surface area contributed by atoms with Crippen LogP contribution >= 0.6 is 0 Å². The number of rotatable bonds is 2. The Morgan fingerprint density at radius 2 is 2.06 bits per heavy atom. The first-order valence-corrected chi connectivity index (χ1v) is 7.42. The van der Waals surface area contributed by atoms with Crippen LogP contribution in [-0.2, 0) is 10.2 Å². The van der Waals surface area contributed by atoms with Crippen LogP contribution in [0.5, 0.6) is 0 Å². The SMILES string of the molecule is CC(C)N1CCCN([C@@H]2CCNC2)S1(=O)=O. The molecule has 2 fully saturated rings. The Balaban J connectivity index is 2.19. The Bertz CT molecular complexity index is 336. The number of hydrogen-bond donors (Lipinski definition) is 1. The largest absolute Gasteiger partial charge is 0.315 e. The van der Waals surface area contributed by atoms with Crippen molar-refractivity contribution in [2.45, 2.75) is 38.8 Å². The van der Waals surface area contributed by atoms with Gasteiger partial charge in [-0.15, -0.1) is 0 Å². The van der Waals surface area contributed by atoms with Gasteiger partial charge in [-0.25, -0.2) is 0 Å². The van der Waals surface area contributed by atoms with E-state index < -0.39 is 10.2 Å². The van der Waals surface area contributed by atoms with Crippen LogP contribution in [0.15, 0.2) is 0 Å². The van der Waals surface area contributed by atoms with E-state index >= 15 is 0 Å². The minimum absolute atomic E-state index is 0.0576. The topological polar surface area (TPSA) is 52.6 Å². The highest BCUT2D eigenvalue weighted by Gasteiger charge is 2.39. The summed E-state index contributed by atoms with van der Waals surface area (Å²) in [6.07, 6.45) is 1.87. The first-order chi connectivity index (χ1) is 7.53. The van der Waals surface area contributed by atoms with E-state index in [1.807, 2.05) is 13.8 Å². The van der Waals surface area contributed by atoms with Gasteiger partial charge in [0, 0.05) is 31.7 Å². The minimum atomic E-state index is -3.22. The van der Waals surface area contributed by atoms with E-state index in [0.29, 0.717) is 13.1 Å². The van der Waals surface area contributed by atoms with Gasteiger partial charge in [-0.2, -0.15) is 17.0 Å². The summed E-state index contributed by atoms with van der Waals surface area (Å²) in [4.78, 5) is 0. The highest BCUT2D eigenvalue weighted by molar-refractivity contribution is 7.86. The molecule has 2 rings (SSSR count). The van der Waals surface area contributed by atoms with Gasteiger partial charge in [0.2, 0.25) is 0 Å². The van der Waals surface area contributed by atoms with Gasteiger partial charge < -0.3 is 5.32 Å². The van der Waals surface area contributed by atoms with Crippen LogP contribution < -0.4 is 5.32 Å². The fourth-order valence-corrected chi connectivity index (χ4v) is 4.61. The molecule has 0 aromatic heterocycles. The maximum absolute atomic E-state index is 12.4. The van der Waals surface area contributed by atoms with Crippen molar-refractivity contribution in [1.29, 1.82) is 0 Å². The van der Waals surface area contributed by atoms with Crippen molar-refractivity contribution in [2.24, 2.45) is 0 Å². The van der Waals surface area contributed by atoms with Gasteiger partial charge >= 0.3 is 0 Å². The first-order valence-electron chi connectivity index (χ1n) is 6.03. The van der Waals surface area contributed by atoms with Crippen LogP contribution in [0.4, 0.5) is 0 Å². The van der Waals surface area contributed by atoms with Gasteiger partial charge in [-0.05, 0) is 33.2 Å². The maximum atomic E-state index is 12.4. The molecule has 0 aromatic rings. The number of nitrogens with zero attached hydrogens (tertiary/aromatic N) is 2. The molecule has 0 spiro atoms. The highest BCUT2D eigenvalue weighted by Crippen LogP contribution is 2.23. The summed E-state index contributed by atoms with van der Waals surface area (Å²) < 4.78 is 28.0. The van der Waals surface area contributed by atoms with Gasteiger partial charge in [0.25, 0.3) is 10.2 Å². The molecule has 0 aliphatic carbocycles. The van der Waals surface area contributed by atoms with Crippen molar-refractivity contribution in [1.82, 2.24) is 13.9 Å². The van der Waals surface area contributed by atoms with Crippen LogP contribution in [0.1, 0.15) is 26.7 Å². The molecule has 0 unspecified atom stereocenters. The standard InChI is InChI=1S/C10H21N3O2S/c1-9(2)12-6-3-7-13(16(12,14)15)10-4-5-11-8-10/h9-11H,3-8H2,1-2H3/t10-/m1/s1. The predicted octanol–water partition coefficient (Wildman–Crippen LogP) is 0.00920. The summed E-state index contributed by atoms with van der Waals surface area (Å²) in [6.45, 7) is 6.94. The molecule has 2 aliphatic rings. The Hall–Kier alpha value is -0.170. The zero-order valence-corrected chi connectivity index (χ0v) is 10.8. The molecule has 0 radical (unpaired) electrons. The highest BCUT2D eigenvalue weighted by atomic mass is 32.2. The summed E-state index contributed by atoms with van der Waals surface area (Å²) >= 11 is 0. The molecule has 0 saturated carbocycles. The lowest BCUT2D eigenvalue weighted by atomic mass is 10.2. The molecule has 5 nitrogen and oxygen atoms in total. The fraction of sp³-hybridized carbons (Fsp3) is 1.00. The van der Waals surface area contributed by atoms with Crippen LogP contribution in [-0.4, -0.2) is 55.3 Å². The smallest absolute Gasteiger partial charge is 0.282 e. The van der Waals surface area contributed by atoms with Crippen molar-refractivity contribution < 1.29 is 8.42 Å². The van der Waals surface area contributed by atoms with E-state index in [0.717, 1.165) is 25.9 Å². The summed E-state index contributed by atoms with van der Waals surface area (Å²) in [5, 5.41) is 3.23. The number of nitrogens with one attached hydrogen (secondary N) is 1. The molecule has 2 saturated heterocycles. The zero-order valence-electron chi connectivity index (χ0n) is 10.0. The van der Waals surface area contributed by atoms with Crippen LogP contribution in [0.25, 0.3) is 0 Å². The average Bonchev–Trinajstić information content (AvgIpc) is 2.68. The zero-order chi connectivity index (χ0) is 11.8. The normalized spacial score (nSPS) is 32.3. The molecule has 16 heavy (non-hydrogen) atoms. The summed E-state index contributed by atoms with van der Waals surface area (Å²) in [5.41, 5.74) is 0. The van der Waals surface area contributed by atoms with Gasteiger partial charge in [-0.1, -0.05) is 0 Å². The lowest BCUT2D eigenvalue weighted by molar-refractivity contribution is 0.227. The van der Waals surface area contributed by atoms with E-state index in [1.165, 1.54) is 0 Å². The predicted molar refractivity (Wildman–Crippen MR) is 63.4 cm³/mol. The molecule has 0 amide bonds. The molecule has 2 heterocycles. The second-order valence-corrected chi connectivity index (χ2v) is 6.66. The van der Waals surface area contributed by atoms with Crippen LogP contribution in [0.2, 0.25) is 0 Å². The van der Waals surface area contributed by atoms with Crippen molar-refractivity contribution in [3.05, 3.63) is 0 Å². The third kappa shape index (κ3) is 2.11. The Morgan fingerprint density at radius 1 is 1.31 bits per heavy atom. The Morgan fingerprint density at radius 3 is 2.62 bits per heavy atom.